The molecule has 0 saturated heterocycles. The van der Waals surface area contributed by atoms with Crippen molar-refractivity contribution in [2.75, 3.05) is 13.2 Å². The van der Waals surface area contributed by atoms with E-state index in [-0.39, 0.29) is 5.54 Å². The van der Waals surface area contributed by atoms with Crippen molar-refractivity contribution in [3.8, 4) is 0 Å². The van der Waals surface area contributed by atoms with Crippen molar-refractivity contribution in [1.29, 1.82) is 0 Å². The highest BCUT2D eigenvalue weighted by molar-refractivity contribution is 4.92. The van der Waals surface area contributed by atoms with E-state index in [0.717, 1.165) is 31.2 Å². The largest absolute Gasteiger partial charge is 0.394 e. The number of rotatable bonds is 6. The monoisotopic (exact) mass is 227 g/mol. The first kappa shape index (κ1) is 14.0. The smallest absolute Gasteiger partial charge is 0.0613 e. The van der Waals surface area contributed by atoms with Crippen LogP contribution < -0.4 is 5.32 Å². The minimum atomic E-state index is 0.0274. The number of nitrogens with one attached hydrogen (secondary N) is 1. The summed E-state index contributed by atoms with van der Waals surface area (Å²) in [5.74, 6) is 1.49. The van der Waals surface area contributed by atoms with Crippen LogP contribution in [-0.4, -0.2) is 23.8 Å². The van der Waals surface area contributed by atoms with E-state index in [1.807, 2.05) is 0 Å². The Morgan fingerprint density at radius 1 is 1.50 bits per heavy atom. The molecule has 2 heteroatoms. The molecule has 0 amide bonds. The van der Waals surface area contributed by atoms with Gasteiger partial charge in [0.1, 0.15) is 0 Å². The van der Waals surface area contributed by atoms with Gasteiger partial charge < -0.3 is 10.4 Å². The van der Waals surface area contributed by atoms with E-state index < -0.39 is 0 Å². The van der Waals surface area contributed by atoms with Crippen molar-refractivity contribution in [3.05, 3.63) is 0 Å². The van der Waals surface area contributed by atoms with E-state index >= 15 is 0 Å². The highest BCUT2D eigenvalue weighted by atomic mass is 16.3. The molecule has 2 N–H and O–H groups in total. The van der Waals surface area contributed by atoms with Gasteiger partial charge in [0.15, 0.2) is 0 Å². The van der Waals surface area contributed by atoms with Crippen LogP contribution in [0.2, 0.25) is 0 Å². The maximum absolute atomic E-state index is 9.64. The first-order valence-corrected chi connectivity index (χ1v) is 6.98. The maximum atomic E-state index is 9.64. The van der Waals surface area contributed by atoms with Gasteiger partial charge in [-0.25, -0.2) is 0 Å². The van der Waals surface area contributed by atoms with Gasteiger partial charge in [0.05, 0.1) is 6.61 Å². The van der Waals surface area contributed by atoms with Gasteiger partial charge in [0, 0.05) is 5.54 Å². The van der Waals surface area contributed by atoms with E-state index in [1.165, 1.54) is 25.7 Å². The quantitative estimate of drug-likeness (QED) is 0.731. The Kier molecular flexibility index (Phi) is 5.77. The Morgan fingerprint density at radius 3 is 2.81 bits per heavy atom. The highest BCUT2D eigenvalue weighted by Gasteiger charge is 2.33. The predicted octanol–water partition coefficient (Wildman–Crippen LogP) is 2.95. The molecule has 0 aliphatic heterocycles. The molecule has 1 fully saturated rings. The van der Waals surface area contributed by atoms with Gasteiger partial charge >= 0.3 is 0 Å². The third kappa shape index (κ3) is 4.06. The van der Waals surface area contributed by atoms with Crippen LogP contribution in [-0.2, 0) is 0 Å². The molecule has 0 radical (unpaired) electrons. The second kappa shape index (κ2) is 6.61. The molecule has 0 aromatic rings. The van der Waals surface area contributed by atoms with Crippen LogP contribution in [0.1, 0.15) is 59.3 Å². The summed E-state index contributed by atoms with van der Waals surface area (Å²) in [5, 5.41) is 13.3. The Bertz CT molecular complexity index is 195. The van der Waals surface area contributed by atoms with Crippen LogP contribution in [0.5, 0.6) is 0 Å². The summed E-state index contributed by atoms with van der Waals surface area (Å²) in [4.78, 5) is 0. The number of hydrogen-bond donors (Lipinski definition) is 2. The molecule has 0 aromatic heterocycles. The molecule has 1 saturated carbocycles. The summed E-state index contributed by atoms with van der Waals surface area (Å²) in [6, 6.07) is 0. The molecule has 2 nitrogen and oxygen atoms in total. The summed E-state index contributed by atoms with van der Waals surface area (Å²) in [6.07, 6.45) is 7.41. The summed E-state index contributed by atoms with van der Waals surface area (Å²) < 4.78 is 0. The molecule has 3 unspecified atom stereocenters. The average molecular weight is 227 g/mol. The lowest BCUT2D eigenvalue weighted by molar-refractivity contribution is 0.0958. The van der Waals surface area contributed by atoms with Crippen molar-refractivity contribution < 1.29 is 5.11 Å². The third-order valence-corrected chi connectivity index (χ3v) is 4.00. The standard InChI is InChI=1S/C14H29NO/c1-4-6-13(3)10-15-14(11-16)8-5-7-12(2)9-14/h12-13,15-16H,4-11H2,1-3H3. The van der Waals surface area contributed by atoms with Gasteiger partial charge in [-0.1, -0.05) is 40.0 Å². The topological polar surface area (TPSA) is 32.3 Å². The van der Waals surface area contributed by atoms with Crippen LogP contribution in [0.4, 0.5) is 0 Å². The van der Waals surface area contributed by atoms with Gasteiger partial charge in [-0.15, -0.1) is 0 Å². The van der Waals surface area contributed by atoms with Crippen molar-refractivity contribution in [2.24, 2.45) is 11.8 Å². The van der Waals surface area contributed by atoms with Crippen molar-refractivity contribution in [3.63, 3.8) is 0 Å². The Balaban J connectivity index is 2.40. The van der Waals surface area contributed by atoms with Gasteiger partial charge in [0.25, 0.3) is 0 Å². The molecule has 1 rings (SSSR count). The number of aliphatic hydroxyl groups is 1. The number of hydrogen-bond acceptors (Lipinski definition) is 2. The highest BCUT2D eigenvalue weighted by Crippen LogP contribution is 2.32. The average Bonchev–Trinajstić information content (AvgIpc) is 2.27. The van der Waals surface area contributed by atoms with E-state index in [1.54, 1.807) is 0 Å². The Labute approximate surface area is 101 Å². The van der Waals surface area contributed by atoms with E-state index in [9.17, 15) is 5.11 Å². The molecular weight excluding hydrogens is 198 g/mol. The third-order valence-electron chi connectivity index (χ3n) is 4.00. The zero-order valence-corrected chi connectivity index (χ0v) is 11.3. The van der Waals surface area contributed by atoms with Crippen LogP contribution in [0.25, 0.3) is 0 Å². The fourth-order valence-corrected chi connectivity index (χ4v) is 3.01. The molecule has 3 atom stereocenters. The fourth-order valence-electron chi connectivity index (χ4n) is 3.01. The minimum Gasteiger partial charge on any atom is -0.394 e. The van der Waals surface area contributed by atoms with Gasteiger partial charge in [0.2, 0.25) is 0 Å². The van der Waals surface area contributed by atoms with Crippen LogP contribution in [0, 0.1) is 11.8 Å². The lowest BCUT2D eigenvalue weighted by Gasteiger charge is -2.40. The Hall–Kier alpha value is -0.0800. The van der Waals surface area contributed by atoms with E-state index in [4.69, 9.17) is 0 Å². The molecule has 1 aliphatic carbocycles. The van der Waals surface area contributed by atoms with E-state index in [2.05, 4.69) is 26.1 Å². The maximum Gasteiger partial charge on any atom is 0.0613 e. The molecular formula is C14H29NO. The van der Waals surface area contributed by atoms with Gasteiger partial charge in [-0.2, -0.15) is 0 Å². The normalized spacial score (nSPS) is 32.6. The second-order valence-corrected chi connectivity index (χ2v) is 5.91. The SMILES string of the molecule is CCCC(C)CNC1(CO)CCCC(C)C1. The zero-order valence-electron chi connectivity index (χ0n) is 11.3. The summed E-state index contributed by atoms with van der Waals surface area (Å²) >= 11 is 0. The van der Waals surface area contributed by atoms with Gasteiger partial charge in [-0.3, -0.25) is 0 Å². The van der Waals surface area contributed by atoms with Crippen LogP contribution in [0.3, 0.4) is 0 Å². The molecule has 0 aromatic carbocycles. The lowest BCUT2D eigenvalue weighted by Crippen LogP contribution is -2.52. The molecule has 0 bridgehead atoms. The van der Waals surface area contributed by atoms with E-state index in [0.29, 0.717) is 6.61 Å². The van der Waals surface area contributed by atoms with Crippen molar-refractivity contribution >= 4 is 0 Å². The minimum absolute atomic E-state index is 0.0274. The van der Waals surface area contributed by atoms with Crippen molar-refractivity contribution in [1.82, 2.24) is 5.32 Å². The lowest BCUT2D eigenvalue weighted by atomic mass is 9.76. The summed E-state index contributed by atoms with van der Waals surface area (Å²) in [5.41, 5.74) is 0.0274. The molecule has 0 spiro atoms. The Morgan fingerprint density at radius 2 is 2.25 bits per heavy atom. The number of aliphatic hydroxyl groups excluding tert-OH is 1. The molecule has 1 aliphatic rings. The second-order valence-electron chi connectivity index (χ2n) is 5.91. The van der Waals surface area contributed by atoms with Crippen LogP contribution >= 0.6 is 0 Å². The summed E-state index contributed by atoms with van der Waals surface area (Å²) in [6.45, 7) is 8.20. The predicted molar refractivity (Wildman–Crippen MR) is 69.5 cm³/mol. The van der Waals surface area contributed by atoms with Gasteiger partial charge in [-0.05, 0) is 37.6 Å². The first-order valence-electron chi connectivity index (χ1n) is 6.98. The summed E-state index contributed by atoms with van der Waals surface area (Å²) in [7, 11) is 0. The first-order chi connectivity index (χ1) is 7.62. The molecule has 16 heavy (non-hydrogen) atoms. The fraction of sp³-hybridized carbons (Fsp3) is 1.00. The molecule has 96 valence electrons. The van der Waals surface area contributed by atoms with Crippen LogP contribution in [0.15, 0.2) is 0 Å². The molecule has 0 heterocycles. The van der Waals surface area contributed by atoms with Crippen molar-refractivity contribution in [2.45, 2.75) is 64.8 Å². The zero-order chi connectivity index (χ0) is 12.0.